The summed E-state index contributed by atoms with van der Waals surface area (Å²) in [7, 11) is 1.87. The summed E-state index contributed by atoms with van der Waals surface area (Å²) in [6.45, 7) is 13.9. The van der Waals surface area contributed by atoms with Gasteiger partial charge in [-0.2, -0.15) is 5.26 Å². The molecule has 1 aliphatic heterocycles. The Morgan fingerprint density at radius 3 is 2.22 bits per heavy atom. The zero-order chi connectivity index (χ0) is 24.4. The zero-order valence-electron chi connectivity index (χ0n) is 20.6. The summed E-state index contributed by atoms with van der Waals surface area (Å²) in [5.74, 6) is -0.504. The van der Waals surface area contributed by atoms with Crippen molar-refractivity contribution in [3.8, 4) is 6.07 Å². The number of carbonyl (C=O) groups excluding carboxylic acids is 1. The molecule has 2 atom stereocenters. The van der Waals surface area contributed by atoms with Crippen LogP contribution in [-0.2, 0) is 4.79 Å². The summed E-state index contributed by atoms with van der Waals surface area (Å²) in [5, 5.41) is 12.8. The second-order valence-corrected chi connectivity index (χ2v) is 7.24. The molecule has 0 aliphatic carbocycles. The fourth-order valence-corrected chi connectivity index (χ4v) is 3.37. The molecule has 0 amide bonds. The molecule has 3 rings (SSSR count). The minimum Gasteiger partial charge on any atom is -0.297 e. The van der Waals surface area contributed by atoms with Crippen LogP contribution in [0.15, 0.2) is 48.5 Å². The van der Waals surface area contributed by atoms with Gasteiger partial charge in [-0.15, -0.1) is 0 Å². The van der Waals surface area contributed by atoms with Crippen molar-refractivity contribution in [2.75, 3.05) is 12.1 Å². The van der Waals surface area contributed by atoms with Gasteiger partial charge in [0, 0.05) is 18.5 Å². The normalized spacial score (nSPS) is 16.1. The van der Waals surface area contributed by atoms with E-state index in [1.165, 1.54) is 12.1 Å². The smallest absolute Gasteiger partial charge is 0.158 e. The standard InChI is InChI=1S/C23H24FN3O.2C2H6/c1-5-16(3)23(28)22-13-21(17-8-9-18(14-25)20(24)12-17)27(26(22)4)19-10-6-15(2)7-11-19;2*1-2/h6-13,16,22H,5H2,1-4H3;2*1-2H3. The SMILES string of the molecule is CC.CC.CCC(C)C(=O)C1C=C(c2ccc(C#N)c(F)c2)N(c2ccc(C)cc2)N1C. The Morgan fingerprint density at radius 2 is 1.72 bits per heavy atom. The van der Waals surface area contributed by atoms with Gasteiger partial charge in [0.15, 0.2) is 5.78 Å². The second-order valence-electron chi connectivity index (χ2n) is 7.24. The van der Waals surface area contributed by atoms with E-state index in [0.29, 0.717) is 5.56 Å². The van der Waals surface area contributed by atoms with E-state index in [9.17, 15) is 9.18 Å². The minimum atomic E-state index is -0.566. The average molecular weight is 438 g/mol. The Balaban J connectivity index is 0.00000121. The number of hydrogen-bond acceptors (Lipinski definition) is 4. The monoisotopic (exact) mass is 437 g/mol. The number of anilines is 1. The highest BCUT2D eigenvalue weighted by Gasteiger charge is 2.36. The third kappa shape index (κ3) is 5.83. The number of Topliss-reactive ketones (excluding diaryl/α,β-unsaturated/α-hetero) is 1. The summed E-state index contributed by atoms with van der Waals surface area (Å²) >= 11 is 0. The first-order chi connectivity index (χ1) is 15.4. The number of hydrogen-bond donors (Lipinski definition) is 0. The predicted octanol–water partition coefficient (Wildman–Crippen LogP) is 6.75. The quantitative estimate of drug-likeness (QED) is 0.519. The van der Waals surface area contributed by atoms with Gasteiger partial charge in [-0.1, -0.05) is 65.3 Å². The van der Waals surface area contributed by atoms with E-state index in [1.807, 2.05) is 102 Å². The third-order valence-corrected chi connectivity index (χ3v) is 5.32. The zero-order valence-corrected chi connectivity index (χ0v) is 20.6. The highest BCUT2D eigenvalue weighted by molar-refractivity contribution is 5.94. The Bertz CT molecular complexity index is 960. The van der Waals surface area contributed by atoms with Gasteiger partial charge >= 0.3 is 0 Å². The summed E-state index contributed by atoms with van der Waals surface area (Å²) in [6.07, 6.45) is 2.65. The maximum absolute atomic E-state index is 14.3. The number of rotatable bonds is 5. The van der Waals surface area contributed by atoms with Crippen molar-refractivity contribution in [3.05, 3.63) is 71.0 Å². The minimum absolute atomic E-state index is 0.00446. The number of halogens is 1. The molecule has 5 heteroatoms. The first kappa shape index (κ1) is 27.1. The van der Waals surface area contributed by atoms with E-state index in [-0.39, 0.29) is 17.3 Å². The molecule has 0 aromatic heterocycles. The number of nitrogens with zero attached hydrogens (tertiary/aromatic N) is 3. The van der Waals surface area contributed by atoms with Gasteiger partial charge in [-0.25, -0.2) is 9.40 Å². The van der Waals surface area contributed by atoms with Crippen LogP contribution in [0.2, 0.25) is 0 Å². The number of ketones is 1. The number of benzene rings is 2. The van der Waals surface area contributed by atoms with Gasteiger partial charge in [0.05, 0.1) is 16.9 Å². The number of nitriles is 1. The van der Waals surface area contributed by atoms with Crippen molar-refractivity contribution < 1.29 is 9.18 Å². The Labute approximate surface area is 192 Å². The van der Waals surface area contributed by atoms with Crippen LogP contribution in [0.5, 0.6) is 0 Å². The van der Waals surface area contributed by atoms with Gasteiger partial charge < -0.3 is 0 Å². The lowest BCUT2D eigenvalue weighted by Crippen LogP contribution is -2.44. The van der Waals surface area contributed by atoms with Crippen LogP contribution in [0.3, 0.4) is 0 Å². The molecule has 2 unspecified atom stereocenters. The van der Waals surface area contributed by atoms with Gasteiger partial charge in [0.25, 0.3) is 0 Å². The molecular weight excluding hydrogens is 401 g/mol. The molecule has 172 valence electrons. The molecule has 2 aromatic rings. The van der Waals surface area contributed by atoms with Crippen molar-refractivity contribution in [1.29, 1.82) is 5.26 Å². The van der Waals surface area contributed by atoms with E-state index in [1.54, 1.807) is 6.07 Å². The van der Waals surface area contributed by atoms with Gasteiger partial charge in [-0.3, -0.25) is 9.80 Å². The average Bonchev–Trinajstić information content (AvgIpc) is 3.18. The second kappa shape index (κ2) is 12.8. The van der Waals surface area contributed by atoms with Crippen LogP contribution in [0.4, 0.5) is 10.1 Å². The molecule has 0 radical (unpaired) electrons. The molecule has 0 N–H and O–H groups in total. The molecule has 32 heavy (non-hydrogen) atoms. The Hall–Kier alpha value is -2.97. The largest absolute Gasteiger partial charge is 0.297 e. The number of hydrazine groups is 1. The van der Waals surface area contributed by atoms with Crippen molar-refractivity contribution in [2.45, 2.75) is 60.9 Å². The maximum Gasteiger partial charge on any atom is 0.158 e. The molecule has 4 nitrogen and oxygen atoms in total. The molecule has 0 saturated heterocycles. The van der Waals surface area contributed by atoms with Crippen molar-refractivity contribution >= 4 is 17.2 Å². The number of likely N-dealkylation sites (N-methyl/N-ethyl adjacent to an activating group) is 1. The van der Waals surface area contributed by atoms with Crippen LogP contribution < -0.4 is 5.01 Å². The van der Waals surface area contributed by atoms with E-state index < -0.39 is 11.9 Å². The van der Waals surface area contributed by atoms with E-state index in [0.717, 1.165) is 23.4 Å². The first-order valence-electron chi connectivity index (χ1n) is 11.4. The van der Waals surface area contributed by atoms with Gasteiger partial charge in [0.1, 0.15) is 17.9 Å². The number of aryl methyl sites for hydroxylation is 1. The molecule has 0 fully saturated rings. The lowest BCUT2D eigenvalue weighted by molar-refractivity contribution is -0.125. The molecule has 0 spiro atoms. The fourth-order valence-electron chi connectivity index (χ4n) is 3.37. The molecule has 1 heterocycles. The third-order valence-electron chi connectivity index (χ3n) is 5.32. The Morgan fingerprint density at radius 1 is 1.12 bits per heavy atom. The molecule has 0 saturated carbocycles. The van der Waals surface area contributed by atoms with Crippen molar-refractivity contribution in [3.63, 3.8) is 0 Å². The van der Waals surface area contributed by atoms with Crippen LogP contribution in [-0.4, -0.2) is 23.9 Å². The van der Waals surface area contributed by atoms with Crippen molar-refractivity contribution in [1.82, 2.24) is 5.01 Å². The topological polar surface area (TPSA) is 47.3 Å². The summed E-state index contributed by atoms with van der Waals surface area (Å²) in [5.41, 5.74) is 3.39. The summed E-state index contributed by atoms with van der Waals surface area (Å²) in [6, 6.07) is 13.9. The predicted molar refractivity (Wildman–Crippen MR) is 131 cm³/mol. The maximum atomic E-state index is 14.3. The lowest BCUT2D eigenvalue weighted by Gasteiger charge is -2.33. The highest BCUT2D eigenvalue weighted by Crippen LogP contribution is 2.36. The molecular formula is C27H36FN3O. The molecule has 2 aromatic carbocycles. The van der Waals surface area contributed by atoms with E-state index in [4.69, 9.17) is 5.26 Å². The number of carbonyl (C=O) groups is 1. The van der Waals surface area contributed by atoms with Crippen LogP contribution in [0, 0.1) is 30.0 Å². The van der Waals surface area contributed by atoms with E-state index >= 15 is 0 Å². The fraction of sp³-hybridized carbons (Fsp3) is 0.407. The van der Waals surface area contributed by atoms with Crippen molar-refractivity contribution in [2.24, 2.45) is 5.92 Å². The molecule has 0 bridgehead atoms. The highest BCUT2D eigenvalue weighted by atomic mass is 19.1. The van der Waals surface area contributed by atoms with Crippen LogP contribution in [0.25, 0.3) is 5.70 Å². The molecule has 1 aliphatic rings. The van der Waals surface area contributed by atoms with Crippen LogP contribution >= 0.6 is 0 Å². The van der Waals surface area contributed by atoms with Gasteiger partial charge in [0.2, 0.25) is 0 Å². The summed E-state index contributed by atoms with van der Waals surface area (Å²) < 4.78 is 14.3. The van der Waals surface area contributed by atoms with Gasteiger partial charge in [-0.05, 0) is 43.7 Å². The Kier molecular flexibility index (Phi) is 10.8. The van der Waals surface area contributed by atoms with Crippen LogP contribution in [0.1, 0.15) is 64.7 Å². The summed E-state index contributed by atoms with van der Waals surface area (Å²) in [4.78, 5) is 12.9. The first-order valence-corrected chi connectivity index (χ1v) is 11.4. The lowest BCUT2D eigenvalue weighted by atomic mass is 9.96. The van der Waals surface area contributed by atoms with E-state index in [2.05, 4.69) is 0 Å².